The van der Waals surface area contributed by atoms with E-state index in [1.165, 1.54) is 0 Å². The molecule has 1 aromatic rings. The maximum Gasteiger partial charge on any atom is 0.254 e. The molecule has 1 heterocycles. The lowest BCUT2D eigenvalue weighted by Gasteiger charge is -2.24. The van der Waals surface area contributed by atoms with Gasteiger partial charge >= 0.3 is 0 Å². The highest BCUT2D eigenvalue weighted by atomic mass is 127. The fourth-order valence-corrected chi connectivity index (χ4v) is 2.86. The van der Waals surface area contributed by atoms with Gasteiger partial charge in [-0.05, 0) is 60.7 Å². The minimum atomic E-state index is 0. The first kappa shape index (κ1) is 17.0. The summed E-state index contributed by atoms with van der Waals surface area (Å²) in [6.07, 6.45) is 2.15. The summed E-state index contributed by atoms with van der Waals surface area (Å²) in [5, 5.41) is 3.79. The highest BCUT2D eigenvalue weighted by Crippen LogP contribution is 2.23. The van der Waals surface area contributed by atoms with Crippen LogP contribution in [-0.4, -0.2) is 37.0 Å². The average Bonchev–Trinajstić information content (AvgIpc) is 2.80. The lowest BCUT2D eigenvalue weighted by atomic mass is 10.1. The first-order chi connectivity index (χ1) is 8.63. The Labute approximate surface area is 138 Å². The number of nitrogens with one attached hydrogen (secondary N) is 1. The Hall–Kier alpha value is -0.0400. The molecule has 1 amide bonds. The normalized spacial score (nSPS) is 18.3. The summed E-state index contributed by atoms with van der Waals surface area (Å²) in [6.45, 7) is 1.69. The Balaban J connectivity index is 0.00000180. The van der Waals surface area contributed by atoms with Gasteiger partial charge in [-0.3, -0.25) is 4.79 Å². The van der Waals surface area contributed by atoms with E-state index in [9.17, 15) is 4.79 Å². The van der Waals surface area contributed by atoms with Gasteiger partial charge < -0.3 is 10.2 Å². The van der Waals surface area contributed by atoms with Gasteiger partial charge in [0.25, 0.3) is 5.91 Å². The topological polar surface area (TPSA) is 32.3 Å². The molecular weight excluding hydrogens is 398 g/mol. The predicted molar refractivity (Wildman–Crippen MR) is 89.4 cm³/mol. The number of benzene rings is 1. The van der Waals surface area contributed by atoms with E-state index in [0.717, 1.165) is 29.5 Å². The maximum absolute atomic E-state index is 12.4. The molecule has 1 atom stereocenters. The second-order valence-corrected chi connectivity index (χ2v) is 6.05. The third-order valence-electron chi connectivity index (χ3n) is 3.24. The molecule has 19 heavy (non-hydrogen) atoms. The van der Waals surface area contributed by atoms with Crippen LogP contribution in [-0.2, 0) is 0 Å². The van der Waals surface area contributed by atoms with Crippen LogP contribution in [0.1, 0.15) is 23.2 Å². The van der Waals surface area contributed by atoms with E-state index in [1.54, 1.807) is 6.07 Å². The number of nitrogens with zero attached hydrogens (tertiary/aromatic N) is 1. The Morgan fingerprint density at radius 3 is 2.95 bits per heavy atom. The number of hydrogen-bond acceptors (Lipinski definition) is 2. The van der Waals surface area contributed by atoms with Crippen LogP contribution in [0.4, 0.5) is 0 Å². The van der Waals surface area contributed by atoms with Crippen molar-refractivity contribution in [1.29, 1.82) is 0 Å². The molecule has 1 fully saturated rings. The van der Waals surface area contributed by atoms with Gasteiger partial charge in [0, 0.05) is 28.3 Å². The molecule has 0 spiro atoms. The van der Waals surface area contributed by atoms with E-state index in [1.807, 2.05) is 24.1 Å². The summed E-state index contributed by atoms with van der Waals surface area (Å²) in [5.41, 5.74) is 0.684. The lowest BCUT2D eigenvalue weighted by molar-refractivity contribution is 0.0737. The van der Waals surface area contributed by atoms with Crippen molar-refractivity contribution in [1.82, 2.24) is 10.2 Å². The summed E-state index contributed by atoms with van der Waals surface area (Å²) in [4.78, 5) is 14.4. The summed E-state index contributed by atoms with van der Waals surface area (Å²) < 4.78 is 0.971. The van der Waals surface area contributed by atoms with Crippen LogP contribution < -0.4 is 5.32 Å². The molecule has 3 nitrogen and oxygen atoms in total. The highest BCUT2D eigenvalue weighted by Gasteiger charge is 2.28. The molecule has 0 aliphatic carbocycles. The monoisotopic (exact) mass is 414 g/mol. The highest BCUT2D eigenvalue weighted by molar-refractivity contribution is 14.1. The maximum atomic E-state index is 12.4. The molecule has 2 rings (SSSR count). The second-order valence-electron chi connectivity index (χ2n) is 4.48. The van der Waals surface area contributed by atoms with Gasteiger partial charge in [-0.25, -0.2) is 0 Å². The fraction of sp³-hybridized carbons (Fsp3) is 0.462. The number of carbonyl (C=O) groups is 1. The molecule has 1 aliphatic heterocycles. The zero-order valence-corrected chi connectivity index (χ0v) is 14.4. The molecule has 1 aliphatic rings. The van der Waals surface area contributed by atoms with Crippen molar-refractivity contribution in [2.45, 2.75) is 18.9 Å². The first-order valence-corrected chi connectivity index (χ1v) is 7.49. The van der Waals surface area contributed by atoms with Crippen LogP contribution in [0, 0.1) is 3.57 Å². The molecule has 0 aromatic heterocycles. The van der Waals surface area contributed by atoms with Crippen LogP contribution in [0.25, 0.3) is 0 Å². The van der Waals surface area contributed by atoms with E-state index in [0.29, 0.717) is 16.6 Å². The van der Waals surface area contributed by atoms with Gasteiger partial charge in [0.1, 0.15) is 0 Å². The van der Waals surface area contributed by atoms with Gasteiger partial charge in [0.05, 0.1) is 5.02 Å². The minimum absolute atomic E-state index is 0. The molecule has 1 aromatic carbocycles. The van der Waals surface area contributed by atoms with Crippen LogP contribution in [0.3, 0.4) is 0 Å². The molecular formula is C13H17Cl2IN2O. The number of carbonyl (C=O) groups excluding carboxylic acids is 1. The first-order valence-electron chi connectivity index (χ1n) is 6.04. The molecule has 0 radical (unpaired) electrons. The third-order valence-corrected chi connectivity index (χ3v) is 4.82. The molecule has 1 N–H and O–H groups in total. The molecule has 6 heteroatoms. The van der Waals surface area contributed by atoms with E-state index in [-0.39, 0.29) is 18.3 Å². The van der Waals surface area contributed by atoms with E-state index < -0.39 is 0 Å². The predicted octanol–water partition coefficient (Wildman–Crippen LogP) is 3.19. The third kappa shape index (κ3) is 3.97. The Kier molecular flexibility index (Phi) is 6.86. The zero-order chi connectivity index (χ0) is 13.1. The quantitative estimate of drug-likeness (QED) is 0.770. The van der Waals surface area contributed by atoms with Crippen LogP contribution in [0.2, 0.25) is 5.02 Å². The van der Waals surface area contributed by atoms with Crippen molar-refractivity contribution >= 4 is 52.5 Å². The van der Waals surface area contributed by atoms with Crippen molar-refractivity contribution in [3.05, 3.63) is 32.4 Å². The van der Waals surface area contributed by atoms with Crippen molar-refractivity contribution < 1.29 is 4.79 Å². The number of likely N-dealkylation sites (tertiary alicyclic amines) is 1. The Bertz CT molecular complexity index is 456. The van der Waals surface area contributed by atoms with E-state index in [4.69, 9.17) is 11.6 Å². The number of hydrogen-bond donors (Lipinski definition) is 1. The van der Waals surface area contributed by atoms with Crippen LogP contribution in [0.5, 0.6) is 0 Å². The number of halogens is 3. The SMILES string of the molecule is CNCC1CCCN1C(=O)c1ccc(I)c(Cl)c1.Cl. The van der Waals surface area contributed by atoms with Gasteiger partial charge in [0.15, 0.2) is 0 Å². The van der Waals surface area contributed by atoms with Crippen molar-refractivity contribution in [3.8, 4) is 0 Å². The van der Waals surface area contributed by atoms with Gasteiger partial charge in [-0.1, -0.05) is 11.6 Å². The Morgan fingerprint density at radius 1 is 1.58 bits per heavy atom. The summed E-state index contributed by atoms with van der Waals surface area (Å²) in [5.74, 6) is 0.0889. The Morgan fingerprint density at radius 2 is 2.32 bits per heavy atom. The number of rotatable bonds is 3. The summed E-state index contributed by atoms with van der Waals surface area (Å²) in [7, 11) is 1.92. The minimum Gasteiger partial charge on any atom is -0.334 e. The van der Waals surface area contributed by atoms with Crippen molar-refractivity contribution in [2.75, 3.05) is 20.1 Å². The van der Waals surface area contributed by atoms with Crippen molar-refractivity contribution in [3.63, 3.8) is 0 Å². The van der Waals surface area contributed by atoms with Gasteiger partial charge in [-0.2, -0.15) is 0 Å². The van der Waals surface area contributed by atoms with E-state index in [2.05, 4.69) is 27.9 Å². The summed E-state index contributed by atoms with van der Waals surface area (Å²) >= 11 is 8.23. The van der Waals surface area contributed by atoms with Gasteiger partial charge in [-0.15, -0.1) is 12.4 Å². The van der Waals surface area contributed by atoms with Crippen LogP contribution >= 0.6 is 46.6 Å². The largest absolute Gasteiger partial charge is 0.334 e. The van der Waals surface area contributed by atoms with Crippen LogP contribution in [0.15, 0.2) is 18.2 Å². The van der Waals surface area contributed by atoms with E-state index >= 15 is 0 Å². The number of likely N-dealkylation sites (N-methyl/N-ethyl adjacent to an activating group) is 1. The molecule has 0 bridgehead atoms. The second kappa shape index (κ2) is 7.67. The van der Waals surface area contributed by atoms with Crippen molar-refractivity contribution in [2.24, 2.45) is 0 Å². The molecule has 0 saturated carbocycles. The fourth-order valence-electron chi connectivity index (χ4n) is 2.35. The molecule has 106 valence electrons. The van der Waals surface area contributed by atoms with Gasteiger partial charge in [0.2, 0.25) is 0 Å². The molecule has 1 saturated heterocycles. The average molecular weight is 415 g/mol. The standard InChI is InChI=1S/C13H16ClIN2O.ClH/c1-16-8-10-3-2-6-17(10)13(18)9-4-5-12(15)11(14)7-9;/h4-5,7,10,16H,2-3,6,8H2,1H3;1H. The zero-order valence-electron chi connectivity index (χ0n) is 10.7. The lowest BCUT2D eigenvalue weighted by Crippen LogP contribution is -2.40. The number of amides is 1. The molecule has 1 unspecified atom stereocenters. The smallest absolute Gasteiger partial charge is 0.254 e. The summed E-state index contributed by atoms with van der Waals surface area (Å²) in [6, 6.07) is 5.81.